The van der Waals surface area contributed by atoms with Crippen LogP contribution in [-0.2, 0) is 69.1 Å². The Kier molecular flexibility index (Phi) is 21.6. The van der Waals surface area contributed by atoms with E-state index in [4.69, 9.17) is 69.1 Å². The fraction of sp³-hybridized carbons (Fsp3) is 0.905. The molecule has 0 saturated carbocycles. The summed E-state index contributed by atoms with van der Waals surface area (Å²) >= 11 is 0. The molecule has 270 valence electrons. The van der Waals surface area contributed by atoms with Crippen molar-refractivity contribution in [2.24, 2.45) is 0 Å². The molecule has 3 aliphatic heterocycles. The molecule has 3 saturated heterocycles. The van der Waals surface area contributed by atoms with Crippen LogP contribution in [0.25, 0.3) is 0 Å². The first-order chi connectivity index (χ1) is 22.3. The van der Waals surface area contributed by atoms with Crippen LogP contribution in [0.4, 0.5) is 0 Å². The lowest BCUT2D eigenvalue weighted by Crippen LogP contribution is -2.67. The Labute approximate surface area is 290 Å². The molecule has 1 N–H and O–H groups in total. The molecule has 0 amide bonds. The fourth-order valence-electron chi connectivity index (χ4n) is 5.40. The molecule has 15 unspecified atom stereocenters. The van der Waals surface area contributed by atoms with Gasteiger partial charge < -0.3 is 74.2 Å². The van der Waals surface area contributed by atoms with Crippen LogP contribution in [0.2, 0.25) is 0 Å². The number of rotatable bonds is 19. The van der Waals surface area contributed by atoms with Crippen LogP contribution in [0.3, 0.4) is 0 Å². The Morgan fingerprint density at radius 2 is 0.870 bits per heavy atom. The lowest BCUT2D eigenvalue weighted by atomic mass is 9.96. The Bertz CT molecular complexity index is 878. The minimum Gasteiger partial charge on any atom is -0.387 e. The maximum Gasteiger partial charge on any atom is 0.187 e. The summed E-state index contributed by atoms with van der Waals surface area (Å²) in [7, 11) is 19.6. The number of hydrogen-bond acceptors (Lipinski definition) is 16. The van der Waals surface area contributed by atoms with Crippen molar-refractivity contribution in [1.82, 2.24) is 0 Å². The molecule has 0 radical (unpaired) electrons. The third-order valence-electron chi connectivity index (χ3n) is 7.48. The highest BCUT2D eigenvalue weighted by molar-refractivity contribution is 7.11. The van der Waals surface area contributed by atoms with E-state index in [0.717, 1.165) is 0 Å². The minimum absolute atomic E-state index is 0.0120. The van der Waals surface area contributed by atoms with Crippen LogP contribution in [0, 0.1) is 0 Å². The van der Waals surface area contributed by atoms with Crippen molar-refractivity contribution in [2.45, 2.75) is 92.1 Å². The summed E-state index contributed by atoms with van der Waals surface area (Å²) in [6, 6.07) is 0. The van der Waals surface area contributed by atoms with Gasteiger partial charge >= 0.3 is 0 Å². The number of ether oxygens (including phenoxy) is 6. The second-order valence-electron chi connectivity index (χ2n) is 10.0. The highest BCUT2D eigenvalue weighted by Gasteiger charge is 2.56. The topological polar surface area (TPSA) is 159 Å². The summed E-state index contributed by atoms with van der Waals surface area (Å²) in [5.74, 6) is 0. The minimum atomic E-state index is -1.16. The maximum absolute atomic E-state index is 11.1. The largest absolute Gasteiger partial charge is 0.387 e. The summed E-state index contributed by atoms with van der Waals surface area (Å²) in [5, 5.41) is 11.1. The zero-order chi connectivity index (χ0) is 33.8. The zero-order valence-corrected chi connectivity index (χ0v) is 34.9. The molecular formula is C21H45O16P9. The first kappa shape index (κ1) is 43.4. The average molecular weight is 832 g/mol. The van der Waals surface area contributed by atoms with Gasteiger partial charge in [-0.15, -0.1) is 6.58 Å². The lowest BCUT2D eigenvalue weighted by molar-refractivity contribution is -0.367. The van der Waals surface area contributed by atoms with Crippen molar-refractivity contribution in [3.05, 3.63) is 12.7 Å². The molecule has 0 aliphatic carbocycles. The van der Waals surface area contributed by atoms with Gasteiger partial charge in [-0.1, -0.05) is 6.08 Å². The molecule has 0 aromatic rings. The molecule has 3 aliphatic rings. The van der Waals surface area contributed by atoms with Gasteiger partial charge in [0, 0.05) is 85.2 Å². The summed E-state index contributed by atoms with van der Waals surface area (Å²) in [6.07, 6.45) is -11.6. The lowest BCUT2D eigenvalue weighted by Gasteiger charge is -2.50. The monoisotopic (exact) mass is 832 g/mol. The summed E-state index contributed by atoms with van der Waals surface area (Å²) in [6.45, 7) is 4.07. The smallest absolute Gasteiger partial charge is 0.187 e. The van der Waals surface area contributed by atoms with Crippen molar-refractivity contribution in [3.8, 4) is 0 Å². The molecule has 3 fully saturated rings. The number of hydrogen-bond donors (Lipinski definition) is 1. The summed E-state index contributed by atoms with van der Waals surface area (Å²) in [5.41, 5.74) is 0. The molecule has 46 heavy (non-hydrogen) atoms. The van der Waals surface area contributed by atoms with Gasteiger partial charge in [-0.3, -0.25) is 0 Å². The second kappa shape index (κ2) is 22.9. The van der Waals surface area contributed by atoms with E-state index in [1.54, 1.807) is 6.08 Å². The van der Waals surface area contributed by atoms with E-state index in [1.807, 2.05) is 0 Å². The molecule has 0 bridgehead atoms. The third-order valence-corrected chi connectivity index (χ3v) is 9.95. The Hall–Kier alpha value is 2.97. The third kappa shape index (κ3) is 10.8. The van der Waals surface area contributed by atoms with Gasteiger partial charge in [0.2, 0.25) is 0 Å². The van der Waals surface area contributed by atoms with Gasteiger partial charge in [0.15, 0.2) is 18.9 Å². The van der Waals surface area contributed by atoms with Crippen LogP contribution in [-0.4, -0.2) is 124 Å². The van der Waals surface area contributed by atoms with Crippen LogP contribution in [0.5, 0.6) is 0 Å². The first-order valence-electron chi connectivity index (χ1n) is 13.6. The molecule has 25 heteroatoms. The van der Waals surface area contributed by atoms with E-state index in [2.05, 4.69) is 91.8 Å². The predicted octanol–water partition coefficient (Wildman–Crippen LogP) is 0.967. The highest BCUT2D eigenvalue weighted by Crippen LogP contribution is 2.39. The van der Waals surface area contributed by atoms with Gasteiger partial charge in [-0.25, -0.2) is 0 Å². The molecule has 0 aromatic heterocycles. The predicted molar refractivity (Wildman–Crippen MR) is 192 cm³/mol. The standard InChI is InChI=1S/C21H45O16P9/c1-2-3-23-19-17(36-45)15(34-43)12(8(27-19)5-25-39)31-21-18(37-46)16(35-44)13(9(29-21)6-26-40)30-20-14(33-42)10(22)11(32-41)7(28-20)4-24-38/h2,7-22H,1,3-6,38-46H2/t7?,8?,9?,10-,11-,12-,13-,14?,15-,16-,17+,18?,19?,20-,21-/m0/s1. The van der Waals surface area contributed by atoms with Crippen molar-refractivity contribution < 1.29 is 74.2 Å². The van der Waals surface area contributed by atoms with Crippen LogP contribution >= 0.6 is 85.2 Å². The van der Waals surface area contributed by atoms with Crippen molar-refractivity contribution in [1.29, 1.82) is 0 Å². The molecule has 3 heterocycles. The Balaban J connectivity index is 1.91. The SMILES string of the molecule is C=CCOC1OC(COP)[C@H](O[C@@H]2OC(COP)[C@H](O[C@@H]3OC(COP)[C@H](OP)[C@H](O)C3OP)[C@H](OP)C2OP)[C@H](OP)[C@H]1OP. The van der Waals surface area contributed by atoms with Crippen molar-refractivity contribution in [2.75, 3.05) is 26.4 Å². The van der Waals surface area contributed by atoms with E-state index in [1.165, 1.54) is 0 Å². The Morgan fingerprint density at radius 1 is 0.500 bits per heavy atom. The fourth-order valence-corrected chi connectivity index (χ4v) is 7.78. The molecule has 0 aromatic carbocycles. The molecular weight excluding hydrogens is 787 g/mol. The maximum atomic E-state index is 11.1. The average Bonchev–Trinajstić information content (AvgIpc) is 3.05. The van der Waals surface area contributed by atoms with E-state index < -0.39 is 92.1 Å². The molecule has 0 spiro atoms. The van der Waals surface area contributed by atoms with Crippen molar-refractivity contribution in [3.63, 3.8) is 0 Å². The molecule has 3 rings (SSSR count). The normalized spacial score (nSPS) is 41.8. The highest BCUT2D eigenvalue weighted by atomic mass is 31.0. The first-order valence-corrected chi connectivity index (χ1v) is 17.8. The van der Waals surface area contributed by atoms with E-state index in [0.29, 0.717) is 0 Å². The second-order valence-corrected chi connectivity index (χ2v) is 12.7. The number of aliphatic hydroxyl groups is 1. The summed E-state index contributed by atoms with van der Waals surface area (Å²) < 4.78 is 87.4. The molecule has 24 atom stereocenters. The van der Waals surface area contributed by atoms with Gasteiger partial charge in [-0.05, 0) is 0 Å². The quantitative estimate of drug-likeness (QED) is 0.145. The van der Waals surface area contributed by atoms with Gasteiger partial charge in [0.1, 0.15) is 73.2 Å². The van der Waals surface area contributed by atoms with Crippen LogP contribution in [0.15, 0.2) is 12.7 Å². The molecule has 16 nitrogen and oxygen atoms in total. The van der Waals surface area contributed by atoms with Crippen LogP contribution in [0.1, 0.15) is 0 Å². The van der Waals surface area contributed by atoms with Gasteiger partial charge in [-0.2, -0.15) is 0 Å². The van der Waals surface area contributed by atoms with Gasteiger partial charge in [0.25, 0.3) is 0 Å². The zero-order valence-electron chi connectivity index (χ0n) is 24.5. The van der Waals surface area contributed by atoms with E-state index >= 15 is 0 Å². The van der Waals surface area contributed by atoms with Gasteiger partial charge in [0.05, 0.1) is 26.4 Å². The van der Waals surface area contributed by atoms with E-state index in [-0.39, 0.29) is 26.4 Å². The number of aliphatic hydroxyl groups excluding tert-OH is 1. The summed E-state index contributed by atoms with van der Waals surface area (Å²) in [4.78, 5) is 0. The Morgan fingerprint density at radius 3 is 1.26 bits per heavy atom. The van der Waals surface area contributed by atoms with E-state index in [9.17, 15) is 5.11 Å². The van der Waals surface area contributed by atoms with Crippen molar-refractivity contribution >= 4 is 85.2 Å². The van der Waals surface area contributed by atoms with Crippen LogP contribution < -0.4 is 0 Å².